The van der Waals surface area contributed by atoms with Crippen molar-refractivity contribution in [1.82, 2.24) is 0 Å². The first-order chi connectivity index (χ1) is 10.7. The summed E-state index contributed by atoms with van der Waals surface area (Å²) >= 11 is 0. The molecule has 3 aromatic carbocycles. The fourth-order valence-electron chi connectivity index (χ4n) is 2.97. The van der Waals surface area contributed by atoms with Gasteiger partial charge in [0, 0.05) is 0 Å². The Morgan fingerprint density at radius 1 is 0.636 bits per heavy atom. The fraction of sp³-hybridized carbons (Fsp3) is 0.182. The van der Waals surface area contributed by atoms with E-state index in [1.807, 2.05) is 0 Å². The van der Waals surface area contributed by atoms with Crippen molar-refractivity contribution in [2.75, 3.05) is 0 Å². The van der Waals surface area contributed by atoms with Crippen LogP contribution in [0.2, 0.25) is 0 Å². The van der Waals surface area contributed by atoms with Gasteiger partial charge in [0.05, 0.1) is 0 Å². The third kappa shape index (κ3) is 2.82. The van der Waals surface area contributed by atoms with E-state index in [9.17, 15) is 0 Å². The molecule has 0 unspecified atom stereocenters. The maximum absolute atomic E-state index is 2.35. The molecule has 0 aliphatic rings. The van der Waals surface area contributed by atoms with Crippen molar-refractivity contribution in [2.45, 2.75) is 26.7 Å². The van der Waals surface area contributed by atoms with Crippen molar-refractivity contribution in [3.05, 3.63) is 83.9 Å². The highest BCUT2D eigenvalue weighted by atomic mass is 14.2. The summed E-state index contributed by atoms with van der Waals surface area (Å²) < 4.78 is 0. The summed E-state index contributed by atoms with van der Waals surface area (Å²) in [6.45, 7) is 6.72. The summed E-state index contributed by atoms with van der Waals surface area (Å²) in [4.78, 5) is 0. The van der Waals surface area contributed by atoms with Gasteiger partial charge in [-0.1, -0.05) is 86.6 Å². The monoisotopic (exact) mass is 286 g/mol. The SMILES string of the molecule is Cc1ccccc1-c1ccc(-c2ccccc2)cc1C(C)C. The number of hydrogen-bond donors (Lipinski definition) is 0. The van der Waals surface area contributed by atoms with Crippen molar-refractivity contribution in [3.8, 4) is 22.3 Å². The lowest BCUT2D eigenvalue weighted by molar-refractivity contribution is 0.869. The average molecular weight is 286 g/mol. The van der Waals surface area contributed by atoms with Crippen LogP contribution in [0.5, 0.6) is 0 Å². The van der Waals surface area contributed by atoms with Crippen LogP contribution in [0, 0.1) is 6.92 Å². The standard InChI is InChI=1S/C22H22/c1-16(2)22-15-19(18-10-5-4-6-11-18)13-14-21(22)20-12-8-7-9-17(20)3/h4-16H,1-3H3. The summed E-state index contributed by atoms with van der Waals surface area (Å²) in [5, 5.41) is 0. The lowest BCUT2D eigenvalue weighted by Gasteiger charge is -2.17. The molecule has 0 saturated heterocycles. The smallest absolute Gasteiger partial charge is 0.0146 e. The predicted octanol–water partition coefficient (Wildman–Crippen LogP) is 6.45. The Morgan fingerprint density at radius 2 is 1.32 bits per heavy atom. The molecule has 0 heteroatoms. The highest BCUT2D eigenvalue weighted by Crippen LogP contribution is 2.34. The first-order valence-corrected chi connectivity index (χ1v) is 7.92. The molecule has 0 heterocycles. The summed E-state index contributed by atoms with van der Waals surface area (Å²) in [6, 6.07) is 26.1. The largest absolute Gasteiger partial charge is 0.0622 e. The molecule has 110 valence electrons. The zero-order valence-corrected chi connectivity index (χ0v) is 13.5. The first kappa shape index (κ1) is 14.6. The van der Waals surface area contributed by atoms with Gasteiger partial charge in [0.25, 0.3) is 0 Å². The molecule has 22 heavy (non-hydrogen) atoms. The van der Waals surface area contributed by atoms with Crippen molar-refractivity contribution >= 4 is 0 Å². The van der Waals surface area contributed by atoms with E-state index in [4.69, 9.17) is 0 Å². The molecule has 0 amide bonds. The van der Waals surface area contributed by atoms with E-state index in [0.717, 1.165) is 0 Å². The lowest BCUT2D eigenvalue weighted by Crippen LogP contribution is -1.95. The molecule has 0 aliphatic heterocycles. The van der Waals surface area contributed by atoms with E-state index >= 15 is 0 Å². The van der Waals surface area contributed by atoms with E-state index in [2.05, 4.69) is 93.6 Å². The highest BCUT2D eigenvalue weighted by molar-refractivity contribution is 5.76. The molecular formula is C22H22. The molecule has 0 fully saturated rings. The molecule has 0 saturated carbocycles. The number of aryl methyl sites for hydroxylation is 1. The molecule has 0 radical (unpaired) electrons. The van der Waals surface area contributed by atoms with Gasteiger partial charge >= 0.3 is 0 Å². The summed E-state index contributed by atoms with van der Waals surface area (Å²) in [6.07, 6.45) is 0. The highest BCUT2D eigenvalue weighted by Gasteiger charge is 2.11. The van der Waals surface area contributed by atoms with Crippen LogP contribution >= 0.6 is 0 Å². The minimum atomic E-state index is 0.498. The zero-order chi connectivity index (χ0) is 15.5. The third-order valence-corrected chi connectivity index (χ3v) is 4.22. The summed E-state index contributed by atoms with van der Waals surface area (Å²) in [7, 11) is 0. The summed E-state index contributed by atoms with van der Waals surface area (Å²) in [5.74, 6) is 0.498. The van der Waals surface area contributed by atoms with Crippen LogP contribution in [0.4, 0.5) is 0 Å². The molecule has 0 N–H and O–H groups in total. The molecule has 0 bridgehead atoms. The van der Waals surface area contributed by atoms with Crippen LogP contribution in [0.15, 0.2) is 72.8 Å². The Morgan fingerprint density at radius 3 is 2.00 bits per heavy atom. The number of benzene rings is 3. The van der Waals surface area contributed by atoms with E-state index in [1.54, 1.807) is 0 Å². The van der Waals surface area contributed by atoms with Gasteiger partial charge in [-0.15, -0.1) is 0 Å². The van der Waals surface area contributed by atoms with Crippen molar-refractivity contribution in [2.24, 2.45) is 0 Å². The molecule has 0 spiro atoms. The van der Waals surface area contributed by atoms with E-state index in [1.165, 1.54) is 33.4 Å². The van der Waals surface area contributed by atoms with E-state index < -0.39 is 0 Å². The maximum atomic E-state index is 2.35. The minimum absolute atomic E-state index is 0.498. The molecule has 3 aromatic rings. The summed E-state index contributed by atoms with van der Waals surface area (Å²) in [5.41, 5.74) is 8.01. The van der Waals surface area contributed by atoms with Crippen molar-refractivity contribution < 1.29 is 0 Å². The molecule has 0 aliphatic carbocycles. The van der Waals surface area contributed by atoms with Crippen LogP contribution in [-0.2, 0) is 0 Å². The first-order valence-electron chi connectivity index (χ1n) is 7.92. The quantitative estimate of drug-likeness (QED) is 0.519. The Labute approximate surface area is 133 Å². The predicted molar refractivity (Wildman–Crippen MR) is 96.1 cm³/mol. The molecular weight excluding hydrogens is 264 g/mol. The molecule has 0 nitrogen and oxygen atoms in total. The second-order valence-electron chi connectivity index (χ2n) is 6.14. The Hall–Kier alpha value is -2.34. The zero-order valence-electron chi connectivity index (χ0n) is 13.5. The maximum Gasteiger partial charge on any atom is -0.0146 e. The Kier molecular flexibility index (Phi) is 4.11. The second-order valence-corrected chi connectivity index (χ2v) is 6.14. The van der Waals surface area contributed by atoms with E-state index in [-0.39, 0.29) is 0 Å². The van der Waals surface area contributed by atoms with Crippen molar-refractivity contribution in [3.63, 3.8) is 0 Å². The Balaban J connectivity index is 2.15. The van der Waals surface area contributed by atoms with Crippen LogP contribution in [0.25, 0.3) is 22.3 Å². The molecule has 3 rings (SSSR count). The fourth-order valence-corrected chi connectivity index (χ4v) is 2.97. The van der Waals surface area contributed by atoms with Crippen molar-refractivity contribution in [1.29, 1.82) is 0 Å². The average Bonchev–Trinajstić information content (AvgIpc) is 2.55. The van der Waals surface area contributed by atoms with Gasteiger partial charge < -0.3 is 0 Å². The Bertz CT molecular complexity index is 767. The molecule has 0 atom stereocenters. The van der Waals surface area contributed by atoms with E-state index in [0.29, 0.717) is 5.92 Å². The van der Waals surface area contributed by atoms with Gasteiger partial charge in [-0.25, -0.2) is 0 Å². The normalized spacial score (nSPS) is 10.9. The van der Waals surface area contributed by atoms with Crippen LogP contribution in [-0.4, -0.2) is 0 Å². The van der Waals surface area contributed by atoms with Crippen LogP contribution in [0.3, 0.4) is 0 Å². The number of hydrogen-bond acceptors (Lipinski definition) is 0. The third-order valence-electron chi connectivity index (χ3n) is 4.22. The van der Waals surface area contributed by atoms with Gasteiger partial charge in [0.15, 0.2) is 0 Å². The second kappa shape index (κ2) is 6.19. The number of rotatable bonds is 3. The van der Waals surface area contributed by atoms with Crippen LogP contribution < -0.4 is 0 Å². The van der Waals surface area contributed by atoms with Gasteiger partial charge in [-0.05, 0) is 46.2 Å². The topological polar surface area (TPSA) is 0 Å². The van der Waals surface area contributed by atoms with Gasteiger partial charge in [0.1, 0.15) is 0 Å². The lowest BCUT2D eigenvalue weighted by atomic mass is 9.88. The van der Waals surface area contributed by atoms with Crippen LogP contribution in [0.1, 0.15) is 30.9 Å². The minimum Gasteiger partial charge on any atom is -0.0622 e. The van der Waals surface area contributed by atoms with Gasteiger partial charge in [0.2, 0.25) is 0 Å². The van der Waals surface area contributed by atoms with Gasteiger partial charge in [-0.2, -0.15) is 0 Å². The van der Waals surface area contributed by atoms with Gasteiger partial charge in [-0.3, -0.25) is 0 Å². The molecule has 0 aromatic heterocycles.